The van der Waals surface area contributed by atoms with Crippen LogP contribution in [-0.2, 0) is 9.59 Å². The van der Waals surface area contributed by atoms with Crippen LogP contribution >= 0.6 is 0 Å². The molecule has 0 aromatic carbocycles. The van der Waals surface area contributed by atoms with Crippen LogP contribution in [0, 0.1) is 17.3 Å². The highest BCUT2D eigenvalue weighted by atomic mass is 16.4. The van der Waals surface area contributed by atoms with Crippen LogP contribution in [0.1, 0.15) is 45.4 Å². The predicted octanol–water partition coefficient (Wildman–Crippen LogP) is 2.80. The Kier molecular flexibility index (Phi) is 3.11. The number of rotatable bonds is 2. The first-order valence-electron chi connectivity index (χ1n) is 6.39. The number of hydrogen-bond donors (Lipinski definition) is 1. The van der Waals surface area contributed by atoms with E-state index >= 15 is 0 Å². The van der Waals surface area contributed by atoms with Crippen molar-refractivity contribution in [3.63, 3.8) is 0 Å². The van der Waals surface area contributed by atoms with Gasteiger partial charge >= 0.3 is 5.97 Å². The van der Waals surface area contributed by atoms with Gasteiger partial charge in [0.2, 0.25) is 0 Å². The van der Waals surface area contributed by atoms with Gasteiger partial charge in [-0.05, 0) is 43.4 Å². The number of Topliss-reactive ketones (excluding diaryl/α,β-unsaturated/α-hetero) is 1. The monoisotopic (exact) mass is 236 g/mol. The minimum Gasteiger partial charge on any atom is -0.478 e. The molecule has 0 radical (unpaired) electrons. The minimum atomic E-state index is -0.915. The van der Waals surface area contributed by atoms with Crippen molar-refractivity contribution in [2.45, 2.75) is 45.4 Å². The molecule has 2 fully saturated rings. The van der Waals surface area contributed by atoms with Crippen LogP contribution in [0.5, 0.6) is 0 Å². The summed E-state index contributed by atoms with van der Waals surface area (Å²) in [4.78, 5) is 22.9. The second-order valence-corrected chi connectivity index (χ2v) is 5.83. The molecule has 2 rings (SSSR count). The average Bonchev–Trinajstić information content (AvgIpc) is 2.27. The van der Waals surface area contributed by atoms with E-state index in [0.29, 0.717) is 18.6 Å². The van der Waals surface area contributed by atoms with Gasteiger partial charge in [0.25, 0.3) is 0 Å². The van der Waals surface area contributed by atoms with E-state index in [1.807, 2.05) is 0 Å². The molecule has 0 bridgehead atoms. The first-order chi connectivity index (χ1) is 7.94. The second-order valence-electron chi connectivity index (χ2n) is 5.83. The maximum absolute atomic E-state index is 12.0. The van der Waals surface area contributed by atoms with Crippen LogP contribution in [0.2, 0.25) is 0 Å². The van der Waals surface area contributed by atoms with Gasteiger partial charge < -0.3 is 5.11 Å². The summed E-state index contributed by atoms with van der Waals surface area (Å²) in [6.07, 6.45) is 5.30. The zero-order valence-corrected chi connectivity index (χ0v) is 10.4. The van der Waals surface area contributed by atoms with Crippen molar-refractivity contribution in [1.29, 1.82) is 0 Å². The summed E-state index contributed by atoms with van der Waals surface area (Å²) in [6, 6.07) is 0. The van der Waals surface area contributed by atoms with Crippen molar-refractivity contribution < 1.29 is 14.7 Å². The lowest BCUT2D eigenvalue weighted by Gasteiger charge is -2.46. The Morgan fingerprint density at radius 3 is 2.82 bits per heavy atom. The Morgan fingerprint density at radius 1 is 1.47 bits per heavy atom. The number of fused-ring (bicyclic) bond motifs is 1. The topological polar surface area (TPSA) is 54.4 Å². The van der Waals surface area contributed by atoms with Crippen molar-refractivity contribution in [1.82, 2.24) is 0 Å². The van der Waals surface area contributed by atoms with Crippen LogP contribution in [0.3, 0.4) is 0 Å². The molecule has 0 amide bonds. The molecule has 1 N–H and O–H groups in total. The Hall–Kier alpha value is -1.12. The maximum Gasteiger partial charge on any atom is 0.331 e. The van der Waals surface area contributed by atoms with Crippen LogP contribution in [0.25, 0.3) is 0 Å². The number of ketones is 1. The number of aliphatic carboxylic acids is 1. The lowest BCUT2D eigenvalue weighted by atomic mass is 9.57. The third-order valence-electron chi connectivity index (χ3n) is 4.75. The fourth-order valence-electron chi connectivity index (χ4n) is 3.52. The lowest BCUT2D eigenvalue weighted by molar-refractivity contribution is -0.137. The highest BCUT2D eigenvalue weighted by Crippen LogP contribution is 2.51. The molecule has 0 aliphatic heterocycles. The first-order valence-corrected chi connectivity index (χ1v) is 6.39. The molecule has 3 atom stereocenters. The van der Waals surface area contributed by atoms with E-state index < -0.39 is 5.97 Å². The normalized spacial score (nSPS) is 37.4. The summed E-state index contributed by atoms with van der Waals surface area (Å²) in [5.41, 5.74) is 0.398. The SMILES string of the molecule is C=C(C(=O)O)[C@@H]1CC[C@@]2(C)CCCC(=O)[C@@H]2C1. The molecule has 2 aliphatic rings. The van der Waals surface area contributed by atoms with E-state index in [1.165, 1.54) is 0 Å². The molecule has 2 aliphatic carbocycles. The van der Waals surface area contributed by atoms with Crippen molar-refractivity contribution >= 4 is 11.8 Å². The fourth-order valence-corrected chi connectivity index (χ4v) is 3.52. The standard InChI is InChI=1S/C14H20O3/c1-9(13(16)17)10-5-7-14(2)6-3-4-12(15)11(14)8-10/h10-11H,1,3-8H2,2H3,(H,16,17)/t10-,11+,14-/m1/s1. The Morgan fingerprint density at radius 2 is 2.18 bits per heavy atom. The average molecular weight is 236 g/mol. The Bertz CT molecular complexity index is 372. The van der Waals surface area contributed by atoms with Gasteiger partial charge in [-0.15, -0.1) is 0 Å². The molecule has 0 saturated heterocycles. The molecule has 0 aromatic rings. The zero-order chi connectivity index (χ0) is 12.6. The van der Waals surface area contributed by atoms with Gasteiger partial charge in [0.1, 0.15) is 5.78 Å². The molecule has 94 valence electrons. The number of carbonyl (C=O) groups excluding carboxylic acids is 1. The van der Waals surface area contributed by atoms with Crippen molar-refractivity contribution in [2.24, 2.45) is 17.3 Å². The van der Waals surface area contributed by atoms with E-state index in [2.05, 4.69) is 13.5 Å². The van der Waals surface area contributed by atoms with E-state index in [9.17, 15) is 9.59 Å². The number of carboxylic acids is 1. The summed E-state index contributed by atoms with van der Waals surface area (Å²) < 4.78 is 0. The highest BCUT2D eigenvalue weighted by Gasteiger charge is 2.46. The molecule has 0 unspecified atom stereocenters. The zero-order valence-electron chi connectivity index (χ0n) is 10.4. The van der Waals surface area contributed by atoms with Gasteiger partial charge in [0.05, 0.1) is 0 Å². The summed E-state index contributed by atoms with van der Waals surface area (Å²) in [7, 11) is 0. The van der Waals surface area contributed by atoms with E-state index in [0.717, 1.165) is 25.7 Å². The van der Waals surface area contributed by atoms with Gasteiger partial charge in [-0.3, -0.25) is 4.79 Å². The molecule has 0 aromatic heterocycles. The quantitative estimate of drug-likeness (QED) is 0.750. The molecule has 3 heteroatoms. The number of carboxylic acid groups (broad SMARTS) is 1. The summed E-state index contributed by atoms with van der Waals surface area (Å²) in [5.74, 6) is -0.526. The summed E-state index contributed by atoms with van der Waals surface area (Å²) in [5, 5.41) is 8.98. The highest BCUT2D eigenvalue weighted by molar-refractivity contribution is 5.87. The molecular formula is C14H20O3. The molecule has 0 spiro atoms. The lowest BCUT2D eigenvalue weighted by Crippen LogP contribution is -2.42. The van der Waals surface area contributed by atoms with Crippen LogP contribution < -0.4 is 0 Å². The molecular weight excluding hydrogens is 216 g/mol. The van der Waals surface area contributed by atoms with Gasteiger partial charge in [-0.25, -0.2) is 4.79 Å². The molecule has 2 saturated carbocycles. The van der Waals surface area contributed by atoms with E-state index in [4.69, 9.17) is 5.11 Å². The fraction of sp³-hybridized carbons (Fsp3) is 0.714. The van der Waals surface area contributed by atoms with Crippen LogP contribution in [0.15, 0.2) is 12.2 Å². The van der Waals surface area contributed by atoms with Gasteiger partial charge in [0.15, 0.2) is 0 Å². The smallest absolute Gasteiger partial charge is 0.331 e. The van der Waals surface area contributed by atoms with Gasteiger partial charge in [0, 0.05) is 17.9 Å². The van der Waals surface area contributed by atoms with Gasteiger partial charge in [-0.2, -0.15) is 0 Å². The van der Waals surface area contributed by atoms with Crippen LogP contribution in [-0.4, -0.2) is 16.9 Å². The van der Waals surface area contributed by atoms with Crippen molar-refractivity contribution in [3.05, 3.63) is 12.2 Å². The largest absolute Gasteiger partial charge is 0.478 e. The number of hydrogen-bond acceptors (Lipinski definition) is 2. The first kappa shape index (κ1) is 12.3. The Balaban J connectivity index is 2.14. The van der Waals surface area contributed by atoms with Crippen molar-refractivity contribution in [2.75, 3.05) is 0 Å². The minimum absolute atomic E-state index is 0.00683. The third kappa shape index (κ3) is 2.15. The van der Waals surface area contributed by atoms with E-state index in [1.54, 1.807) is 0 Å². The predicted molar refractivity (Wildman–Crippen MR) is 64.6 cm³/mol. The Labute approximate surface area is 102 Å². The number of carbonyl (C=O) groups is 2. The molecule has 17 heavy (non-hydrogen) atoms. The summed E-state index contributed by atoms with van der Waals surface area (Å²) in [6.45, 7) is 5.84. The summed E-state index contributed by atoms with van der Waals surface area (Å²) >= 11 is 0. The maximum atomic E-state index is 12.0. The third-order valence-corrected chi connectivity index (χ3v) is 4.75. The van der Waals surface area contributed by atoms with Crippen molar-refractivity contribution in [3.8, 4) is 0 Å². The van der Waals surface area contributed by atoms with E-state index in [-0.39, 0.29) is 22.8 Å². The molecule has 3 nitrogen and oxygen atoms in total. The second kappa shape index (κ2) is 4.28. The molecule has 0 heterocycles. The van der Waals surface area contributed by atoms with Gasteiger partial charge in [-0.1, -0.05) is 13.5 Å². The van der Waals surface area contributed by atoms with Crippen LogP contribution in [0.4, 0.5) is 0 Å².